The first-order valence-corrected chi connectivity index (χ1v) is 9.91. The molecule has 2 aliphatic rings. The van der Waals surface area contributed by atoms with Crippen LogP contribution in [0.15, 0.2) is 30.3 Å². The first-order valence-electron chi connectivity index (χ1n) is 9.91. The van der Waals surface area contributed by atoms with Crippen LogP contribution in [-0.4, -0.2) is 67.7 Å². The molecule has 0 bridgehead atoms. The minimum Gasteiger partial charge on any atom is -0.383 e. The highest BCUT2D eigenvalue weighted by atomic mass is 16.5. The fourth-order valence-electron chi connectivity index (χ4n) is 4.39. The Morgan fingerprint density at radius 3 is 2.58 bits per heavy atom. The van der Waals surface area contributed by atoms with E-state index in [1.165, 1.54) is 5.56 Å². The fourth-order valence-corrected chi connectivity index (χ4v) is 4.39. The number of carbonyl (C=O) groups excluding carboxylic acids is 1. The van der Waals surface area contributed by atoms with Gasteiger partial charge in [-0.1, -0.05) is 30.3 Å². The van der Waals surface area contributed by atoms with Gasteiger partial charge in [-0.15, -0.1) is 0 Å². The van der Waals surface area contributed by atoms with Crippen LogP contribution >= 0.6 is 0 Å². The zero-order chi connectivity index (χ0) is 18.2. The van der Waals surface area contributed by atoms with Crippen LogP contribution in [0.25, 0.3) is 0 Å². The summed E-state index contributed by atoms with van der Waals surface area (Å²) in [7, 11) is 1.70. The third-order valence-electron chi connectivity index (χ3n) is 5.72. The molecule has 1 amide bonds. The fraction of sp³-hybridized carbons (Fsp3) is 0.667. The standard InChI is InChI=1S/C21H32N2O3/c1-25-17-15-22-12-5-10-21(20(22)24)11-6-13-23(21)14-7-16-26-18-19-8-3-2-4-9-19/h2-4,8-9H,5-7,10-18H2,1H3. The molecule has 0 saturated carbocycles. The molecule has 2 aliphatic heterocycles. The van der Waals surface area contributed by atoms with Crippen LogP contribution in [-0.2, 0) is 20.9 Å². The van der Waals surface area contributed by atoms with Gasteiger partial charge >= 0.3 is 0 Å². The number of nitrogens with zero attached hydrogens (tertiary/aromatic N) is 2. The minimum atomic E-state index is -0.259. The molecule has 2 fully saturated rings. The van der Waals surface area contributed by atoms with Crippen molar-refractivity contribution in [2.24, 2.45) is 0 Å². The summed E-state index contributed by atoms with van der Waals surface area (Å²) in [6.45, 7) is 5.58. The van der Waals surface area contributed by atoms with Crippen LogP contribution in [0, 0.1) is 0 Å². The van der Waals surface area contributed by atoms with Crippen molar-refractivity contribution in [1.29, 1.82) is 0 Å². The average molecular weight is 360 g/mol. The molecule has 1 aromatic rings. The van der Waals surface area contributed by atoms with Crippen molar-refractivity contribution in [2.75, 3.05) is 46.5 Å². The first-order chi connectivity index (χ1) is 12.8. The molecule has 5 nitrogen and oxygen atoms in total. The van der Waals surface area contributed by atoms with Crippen molar-refractivity contribution < 1.29 is 14.3 Å². The molecule has 2 saturated heterocycles. The molecule has 144 valence electrons. The normalized spacial score (nSPS) is 23.9. The van der Waals surface area contributed by atoms with Crippen LogP contribution in [0.4, 0.5) is 0 Å². The number of rotatable bonds is 9. The molecule has 1 aromatic carbocycles. The van der Waals surface area contributed by atoms with Crippen molar-refractivity contribution in [3.63, 3.8) is 0 Å². The van der Waals surface area contributed by atoms with Crippen LogP contribution in [0.1, 0.15) is 37.7 Å². The largest absolute Gasteiger partial charge is 0.383 e. The Morgan fingerprint density at radius 1 is 1.04 bits per heavy atom. The number of hydrogen-bond donors (Lipinski definition) is 0. The van der Waals surface area contributed by atoms with Gasteiger partial charge in [-0.05, 0) is 44.2 Å². The number of hydrogen-bond acceptors (Lipinski definition) is 4. The van der Waals surface area contributed by atoms with E-state index < -0.39 is 0 Å². The number of benzene rings is 1. The van der Waals surface area contributed by atoms with Crippen LogP contribution in [0.3, 0.4) is 0 Å². The van der Waals surface area contributed by atoms with Gasteiger partial charge in [0.05, 0.1) is 13.2 Å². The van der Waals surface area contributed by atoms with Crippen molar-refractivity contribution in [1.82, 2.24) is 9.80 Å². The van der Waals surface area contributed by atoms with E-state index in [9.17, 15) is 4.79 Å². The maximum atomic E-state index is 13.1. The predicted molar refractivity (Wildman–Crippen MR) is 102 cm³/mol. The molecule has 0 radical (unpaired) electrons. The van der Waals surface area contributed by atoms with Crippen molar-refractivity contribution in [2.45, 2.75) is 44.2 Å². The minimum absolute atomic E-state index is 0.259. The number of amides is 1. The van der Waals surface area contributed by atoms with E-state index in [0.717, 1.165) is 58.3 Å². The summed E-state index contributed by atoms with van der Waals surface area (Å²) in [4.78, 5) is 17.6. The molecular weight excluding hydrogens is 328 g/mol. The molecule has 0 aromatic heterocycles. The molecule has 26 heavy (non-hydrogen) atoms. The van der Waals surface area contributed by atoms with Gasteiger partial charge in [0.25, 0.3) is 0 Å². The molecule has 1 unspecified atom stereocenters. The Morgan fingerprint density at radius 2 is 1.81 bits per heavy atom. The smallest absolute Gasteiger partial charge is 0.243 e. The Hall–Kier alpha value is -1.43. The topological polar surface area (TPSA) is 42.0 Å². The summed E-state index contributed by atoms with van der Waals surface area (Å²) in [6, 6.07) is 10.3. The van der Waals surface area contributed by atoms with E-state index >= 15 is 0 Å². The van der Waals surface area contributed by atoms with Crippen LogP contribution in [0.5, 0.6) is 0 Å². The Balaban J connectivity index is 1.47. The maximum Gasteiger partial charge on any atom is 0.243 e. The Bertz CT molecular complexity index is 566. The van der Waals surface area contributed by atoms with Gasteiger partial charge in [0.2, 0.25) is 5.91 Å². The molecule has 3 rings (SSSR count). The zero-order valence-electron chi connectivity index (χ0n) is 16.0. The third kappa shape index (κ3) is 4.45. The average Bonchev–Trinajstić information content (AvgIpc) is 3.07. The molecule has 2 heterocycles. The molecule has 1 spiro atoms. The molecule has 1 atom stereocenters. The molecular formula is C21H32N2O3. The van der Waals surface area contributed by atoms with Gasteiger partial charge < -0.3 is 14.4 Å². The molecule has 0 N–H and O–H groups in total. The lowest BCUT2D eigenvalue weighted by Gasteiger charge is -2.44. The summed E-state index contributed by atoms with van der Waals surface area (Å²) < 4.78 is 11.0. The van der Waals surface area contributed by atoms with Gasteiger partial charge in [0, 0.05) is 33.4 Å². The highest BCUT2D eigenvalue weighted by Gasteiger charge is 2.50. The number of carbonyl (C=O) groups is 1. The monoisotopic (exact) mass is 360 g/mol. The summed E-state index contributed by atoms with van der Waals surface area (Å²) in [5, 5.41) is 0. The lowest BCUT2D eigenvalue weighted by Crippen LogP contribution is -2.60. The second kappa shape index (κ2) is 9.49. The van der Waals surface area contributed by atoms with Gasteiger partial charge in [-0.2, -0.15) is 0 Å². The lowest BCUT2D eigenvalue weighted by molar-refractivity contribution is -0.148. The highest BCUT2D eigenvalue weighted by molar-refractivity contribution is 5.87. The van der Waals surface area contributed by atoms with E-state index in [1.54, 1.807) is 7.11 Å². The van der Waals surface area contributed by atoms with E-state index in [2.05, 4.69) is 17.0 Å². The van der Waals surface area contributed by atoms with Crippen LogP contribution < -0.4 is 0 Å². The second-order valence-electron chi connectivity index (χ2n) is 7.40. The van der Waals surface area contributed by atoms with E-state index in [1.807, 2.05) is 23.1 Å². The third-order valence-corrected chi connectivity index (χ3v) is 5.72. The van der Waals surface area contributed by atoms with Crippen LogP contribution in [0.2, 0.25) is 0 Å². The Labute approximate surface area is 157 Å². The van der Waals surface area contributed by atoms with E-state index in [4.69, 9.17) is 9.47 Å². The van der Waals surface area contributed by atoms with E-state index in [-0.39, 0.29) is 5.54 Å². The zero-order valence-corrected chi connectivity index (χ0v) is 16.0. The Kier molecular flexibility index (Phi) is 7.06. The van der Waals surface area contributed by atoms with Gasteiger partial charge in [-0.25, -0.2) is 0 Å². The number of ether oxygens (including phenoxy) is 2. The number of likely N-dealkylation sites (tertiary alicyclic amines) is 2. The van der Waals surface area contributed by atoms with Crippen molar-refractivity contribution in [3.8, 4) is 0 Å². The van der Waals surface area contributed by atoms with Crippen molar-refractivity contribution in [3.05, 3.63) is 35.9 Å². The first kappa shape index (κ1) is 19.3. The molecule has 0 aliphatic carbocycles. The summed E-state index contributed by atoms with van der Waals surface area (Å²) >= 11 is 0. The maximum absolute atomic E-state index is 13.1. The summed E-state index contributed by atoms with van der Waals surface area (Å²) in [5.41, 5.74) is 0.951. The van der Waals surface area contributed by atoms with E-state index in [0.29, 0.717) is 25.7 Å². The van der Waals surface area contributed by atoms with Gasteiger partial charge in [-0.3, -0.25) is 9.69 Å². The predicted octanol–water partition coefficient (Wildman–Crippen LogP) is 2.70. The SMILES string of the molecule is COCCN1CCCC2(CCCN2CCCOCc2ccccc2)C1=O. The van der Waals surface area contributed by atoms with Crippen molar-refractivity contribution >= 4 is 5.91 Å². The number of piperidine rings is 1. The van der Waals surface area contributed by atoms with Gasteiger partial charge in [0.1, 0.15) is 5.54 Å². The molecule has 5 heteroatoms. The second-order valence-corrected chi connectivity index (χ2v) is 7.40. The number of methoxy groups -OCH3 is 1. The quantitative estimate of drug-likeness (QED) is 0.635. The lowest BCUT2D eigenvalue weighted by atomic mass is 9.85. The summed E-state index contributed by atoms with van der Waals surface area (Å²) in [6.07, 6.45) is 5.19. The van der Waals surface area contributed by atoms with Gasteiger partial charge in [0.15, 0.2) is 0 Å². The summed E-state index contributed by atoms with van der Waals surface area (Å²) in [5.74, 6) is 0.323. The highest BCUT2D eigenvalue weighted by Crippen LogP contribution is 2.38.